The van der Waals surface area contributed by atoms with E-state index in [4.69, 9.17) is 85.6 Å². The van der Waals surface area contributed by atoms with E-state index in [1.807, 2.05) is 14.3 Å². The van der Waals surface area contributed by atoms with E-state index in [-0.39, 0.29) is 37.7 Å². The van der Waals surface area contributed by atoms with Gasteiger partial charge in [-0.05, 0) is 131 Å². The van der Waals surface area contributed by atoms with Crippen LogP contribution in [0.15, 0.2) is 0 Å². The van der Waals surface area contributed by atoms with Crippen molar-refractivity contribution in [3.8, 4) is 0 Å². The Morgan fingerprint density at radius 2 is 0.838 bits per heavy atom. The Bertz CT molecular complexity index is 565. The molecular weight excluding hydrogens is 466 g/mol. The summed E-state index contributed by atoms with van der Waals surface area (Å²) in [6.45, 7) is 8.89. The second-order valence-corrected chi connectivity index (χ2v) is 22.8. The molecule has 148 valence electrons. The summed E-state index contributed by atoms with van der Waals surface area (Å²) in [4.78, 5) is 0. The summed E-state index contributed by atoms with van der Waals surface area (Å²) in [5, 5.41) is 0. The third-order valence-electron chi connectivity index (χ3n) is 5.49. The van der Waals surface area contributed by atoms with Gasteiger partial charge in [0, 0.05) is 14.3 Å². The largest absolute Gasteiger partial charge is 1.00 e. The third kappa shape index (κ3) is 17.7. The molecule has 0 aromatic rings. The van der Waals surface area contributed by atoms with Gasteiger partial charge in [-0.15, -0.1) is 39.0 Å². The summed E-state index contributed by atoms with van der Waals surface area (Å²) in [5.41, 5.74) is 1.15. The maximum atomic E-state index is 6.62. The SMILES string of the molecule is [B][B]B([B])[C-](B([B])[B])B([B])[B]C[Si](C)(C)O[Si](C)(C)O[Si](C)(C)C[B]B([B])[C-](B([B])[B])B([B])[B][B].[Li+].[Li+]. The van der Waals surface area contributed by atoms with Crippen LogP contribution >= 0.6 is 0 Å². The van der Waals surface area contributed by atoms with Crippen molar-refractivity contribution in [2.45, 2.75) is 51.2 Å². The van der Waals surface area contributed by atoms with Crippen molar-refractivity contribution < 1.29 is 46.0 Å². The van der Waals surface area contributed by atoms with Crippen LogP contribution in [0.1, 0.15) is 0 Å². The molecule has 0 rings (SSSR count). The van der Waals surface area contributed by atoms with Gasteiger partial charge in [0.25, 0.3) is 0 Å². The topological polar surface area (TPSA) is 18.5 Å². The van der Waals surface area contributed by atoms with E-state index in [1.54, 1.807) is 0 Å². The van der Waals surface area contributed by atoms with Gasteiger partial charge < -0.3 is 19.5 Å². The molecule has 0 aliphatic carbocycles. The van der Waals surface area contributed by atoms with Crippen molar-refractivity contribution in [2.75, 3.05) is 0 Å². The van der Waals surface area contributed by atoms with Crippen molar-refractivity contribution in [2.24, 2.45) is 0 Å². The van der Waals surface area contributed by atoms with Gasteiger partial charge in [-0.1, -0.05) is 11.9 Å². The maximum absolute atomic E-state index is 6.62. The first-order valence-electron chi connectivity index (χ1n) is 11.7. The van der Waals surface area contributed by atoms with Crippen molar-refractivity contribution in [1.82, 2.24) is 0 Å². The molecule has 37 heavy (non-hydrogen) atoms. The minimum absolute atomic E-state index is 0. The minimum Gasteiger partial charge on any atom is -0.437 e. The predicted octanol–water partition coefficient (Wildman–Crippen LogP) is -10.3. The van der Waals surface area contributed by atoms with Gasteiger partial charge in [-0.2, -0.15) is 0 Å². The molecule has 0 aromatic carbocycles. The molecule has 0 aromatic heterocycles. The standard InChI is InChI=1S/C10H22B20O2Si3.2Li/c1-33(2,7-21-27(17)9(25(13)14)29(19)23-11)31-35(5,6)32-34(3,4)8-22-28(18)10(26(15)16)30(20)24-12;;/h7-8H2,1-6H3;;/q-2;2*+1. The van der Waals surface area contributed by atoms with E-state index >= 15 is 0 Å². The minimum atomic E-state index is -2.49. The fraction of sp³-hybridized carbons (Fsp3) is 0.800. The van der Waals surface area contributed by atoms with Crippen molar-refractivity contribution in [1.29, 1.82) is 0 Å². The van der Waals surface area contributed by atoms with Gasteiger partial charge in [0.1, 0.15) is 0 Å². The quantitative estimate of drug-likeness (QED) is 0.141. The molecule has 0 atom stereocenters. The molecule has 27 heteroatoms. The van der Waals surface area contributed by atoms with E-state index < -0.39 is 64.2 Å². The van der Waals surface area contributed by atoms with Gasteiger partial charge in [-0.3, -0.25) is 0 Å². The second kappa shape index (κ2) is 20.1. The van der Waals surface area contributed by atoms with Crippen LogP contribution in [0.25, 0.3) is 0 Å². The summed E-state index contributed by atoms with van der Waals surface area (Å²) >= 11 is 0. The van der Waals surface area contributed by atoms with E-state index in [0.29, 0.717) is 23.1 Å². The second-order valence-electron chi connectivity index (χ2n) is 10.5. The summed E-state index contributed by atoms with van der Waals surface area (Å²) < 4.78 is 13.2. The summed E-state index contributed by atoms with van der Waals surface area (Å²) in [5.74, 6) is 1.33. The Balaban J connectivity index is -0.00000578. The van der Waals surface area contributed by atoms with Crippen LogP contribution in [0.4, 0.5) is 0 Å². The first-order valence-corrected chi connectivity index (χ1v) is 20.8. The smallest absolute Gasteiger partial charge is 0.437 e. The van der Waals surface area contributed by atoms with Crippen molar-refractivity contribution >= 4 is 170 Å². The Labute approximate surface area is 276 Å². The fourth-order valence-corrected chi connectivity index (χ4v) is 17.6. The molecule has 0 heterocycles. The predicted molar refractivity (Wildman–Crippen MR) is 186 cm³/mol. The molecule has 0 saturated heterocycles. The normalized spacial score (nSPS) is 11.5. The Morgan fingerprint density at radius 1 is 0.568 bits per heavy atom. The van der Waals surface area contributed by atoms with Crippen LogP contribution in [0, 0.1) is 11.2 Å². The van der Waals surface area contributed by atoms with Gasteiger partial charge >= 0.3 is 46.3 Å². The molecule has 0 fully saturated rings. The van der Waals surface area contributed by atoms with E-state index in [2.05, 4.69) is 39.3 Å². The average Bonchev–Trinajstić information content (AvgIpc) is 2.68. The maximum Gasteiger partial charge on any atom is 1.00 e. The average molecular weight is 489 g/mol. The summed E-state index contributed by atoms with van der Waals surface area (Å²) in [7, 11) is 58.8. The molecule has 0 unspecified atom stereocenters. The van der Waals surface area contributed by atoms with Gasteiger partial charge in [0.2, 0.25) is 0 Å². The first-order chi connectivity index (χ1) is 15.8. The van der Waals surface area contributed by atoms with Crippen molar-refractivity contribution in [3.05, 3.63) is 11.2 Å². The van der Waals surface area contributed by atoms with Crippen molar-refractivity contribution in [3.63, 3.8) is 0 Å². The summed E-state index contributed by atoms with van der Waals surface area (Å²) in [6.07, 6.45) is 0. The zero-order chi connectivity index (χ0) is 27.8. The molecule has 0 amide bonds. The Kier molecular flexibility index (Phi) is 24.2. The fourth-order valence-electron chi connectivity index (χ4n) is 4.08. The zero-order valence-corrected chi connectivity index (χ0v) is 27.3. The van der Waals surface area contributed by atoms with Crippen LogP contribution in [0.5, 0.6) is 0 Å². The van der Waals surface area contributed by atoms with Crippen LogP contribution in [-0.2, 0) is 8.23 Å². The number of hydrogen-bond acceptors (Lipinski definition) is 2. The molecule has 2 nitrogen and oxygen atoms in total. The Morgan fingerprint density at radius 3 is 1.05 bits per heavy atom. The third-order valence-corrected chi connectivity index (χ3v) is 16.3. The van der Waals surface area contributed by atoms with E-state index in [1.165, 1.54) is 14.1 Å². The first kappa shape index (κ1) is 44.5. The monoisotopic (exact) mass is 492 g/mol. The van der Waals surface area contributed by atoms with Crippen LogP contribution in [0.3, 0.4) is 0 Å². The van der Waals surface area contributed by atoms with Crippen LogP contribution in [0.2, 0.25) is 51.2 Å². The molecule has 0 saturated carbocycles. The van der Waals surface area contributed by atoms with Gasteiger partial charge in [0.15, 0.2) is 16.6 Å². The molecule has 24 radical (unpaired) electrons. The van der Waals surface area contributed by atoms with E-state index in [0.717, 1.165) is 0 Å². The van der Waals surface area contributed by atoms with Crippen LogP contribution < -0.4 is 37.7 Å². The number of rotatable bonds is 18. The zero-order valence-electron chi connectivity index (χ0n) is 24.3. The molecule has 0 aliphatic rings. The molecule has 0 aliphatic heterocycles. The van der Waals surface area contributed by atoms with Gasteiger partial charge in [0.05, 0.1) is 0 Å². The Hall–Kier alpha value is 3.06. The van der Waals surface area contributed by atoms with E-state index in [9.17, 15) is 0 Å². The molecule has 0 N–H and O–H groups in total. The molecule has 0 spiro atoms. The number of hydrogen-bond donors (Lipinski definition) is 0. The summed E-state index contributed by atoms with van der Waals surface area (Å²) in [6, 6.07) is 0. The molecular formula is C10H22B20Li2O2Si3. The van der Waals surface area contributed by atoms with Gasteiger partial charge in [-0.25, -0.2) is 0 Å². The molecule has 0 bridgehead atoms. The van der Waals surface area contributed by atoms with Crippen LogP contribution in [-0.4, -0.2) is 170 Å².